The van der Waals surface area contributed by atoms with Crippen LogP contribution < -0.4 is 14.8 Å². The van der Waals surface area contributed by atoms with E-state index in [0.717, 1.165) is 38.4 Å². The third-order valence-corrected chi connectivity index (χ3v) is 5.47. The summed E-state index contributed by atoms with van der Waals surface area (Å²) in [6.45, 7) is 2.76. The van der Waals surface area contributed by atoms with Crippen LogP contribution in [0.3, 0.4) is 0 Å². The highest BCUT2D eigenvalue weighted by molar-refractivity contribution is 7.89. The molecule has 1 heterocycles. The van der Waals surface area contributed by atoms with Crippen LogP contribution in [-0.4, -0.2) is 48.4 Å². The zero-order valence-corrected chi connectivity index (χ0v) is 15.9. The van der Waals surface area contributed by atoms with Gasteiger partial charge in [0.1, 0.15) is 23.1 Å². The van der Waals surface area contributed by atoms with Crippen LogP contribution in [-0.2, 0) is 14.8 Å². The van der Waals surface area contributed by atoms with Gasteiger partial charge in [-0.05, 0) is 56.5 Å². The lowest BCUT2D eigenvalue weighted by atomic mass is 9.96. The van der Waals surface area contributed by atoms with Crippen molar-refractivity contribution in [2.45, 2.75) is 24.2 Å². The molecular formula is C16H26ClFN2O4S. The second-order valence-corrected chi connectivity index (χ2v) is 7.57. The third-order valence-electron chi connectivity index (χ3n) is 3.98. The highest BCUT2D eigenvalue weighted by atomic mass is 35.5. The van der Waals surface area contributed by atoms with Crippen molar-refractivity contribution in [1.82, 2.24) is 10.0 Å². The molecule has 0 aliphatic carbocycles. The smallest absolute Gasteiger partial charge is 0.244 e. The second-order valence-electron chi connectivity index (χ2n) is 5.83. The predicted octanol–water partition coefficient (Wildman–Crippen LogP) is 1.94. The lowest BCUT2D eigenvalue weighted by Gasteiger charge is -2.22. The van der Waals surface area contributed by atoms with Gasteiger partial charge in [0.15, 0.2) is 0 Å². The topological polar surface area (TPSA) is 76.7 Å². The Morgan fingerprint density at radius 2 is 2.16 bits per heavy atom. The molecule has 9 heteroatoms. The molecular weight excluding hydrogens is 371 g/mol. The number of halogens is 2. The molecule has 1 aliphatic heterocycles. The summed E-state index contributed by atoms with van der Waals surface area (Å²) in [4.78, 5) is -0.180. The molecule has 25 heavy (non-hydrogen) atoms. The fourth-order valence-corrected chi connectivity index (χ4v) is 3.89. The number of sulfonamides is 1. The number of hydrogen-bond acceptors (Lipinski definition) is 5. The maximum absolute atomic E-state index is 13.5. The average molecular weight is 397 g/mol. The molecule has 1 saturated heterocycles. The van der Waals surface area contributed by atoms with Gasteiger partial charge in [-0.3, -0.25) is 0 Å². The van der Waals surface area contributed by atoms with Crippen molar-refractivity contribution < 1.29 is 22.3 Å². The molecule has 0 saturated carbocycles. The van der Waals surface area contributed by atoms with Crippen molar-refractivity contribution in [3.8, 4) is 5.75 Å². The standard InChI is InChI=1S/C16H25FN2O4S.ClH/c1-22-9-10-23-15-5-4-14(17)11-16(15)24(20,21)19-8-6-13-3-2-7-18-12-13;/h4-5,11,13,18-19H,2-3,6-10,12H2,1H3;1H. The highest BCUT2D eigenvalue weighted by Gasteiger charge is 2.21. The van der Waals surface area contributed by atoms with Gasteiger partial charge in [0.2, 0.25) is 10.0 Å². The van der Waals surface area contributed by atoms with Crippen molar-refractivity contribution in [3.05, 3.63) is 24.0 Å². The van der Waals surface area contributed by atoms with E-state index in [-0.39, 0.29) is 29.7 Å². The summed E-state index contributed by atoms with van der Waals surface area (Å²) < 4.78 is 51.3. The Morgan fingerprint density at radius 1 is 1.36 bits per heavy atom. The first-order valence-corrected chi connectivity index (χ1v) is 9.63. The minimum atomic E-state index is -3.83. The Bertz CT molecular complexity index is 625. The molecule has 0 aromatic heterocycles. The van der Waals surface area contributed by atoms with Crippen molar-refractivity contribution in [3.63, 3.8) is 0 Å². The number of nitrogens with one attached hydrogen (secondary N) is 2. The molecule has 1 aromatic carbocycles. The number of hydrogen-bond donors (Lipinski definition) is 2. The maximum atomic E-state index is 13.5. The van der Waals surface area contributed by atoms with E-state index in [2.05, 4.69) is 10.0 Å². The molecule has 2 N–H and O–H groups in total. The summed E-state index contributed by atoms with van der Waals surface area (Å²) in [5.74, 6) is -0.0300. The van der Waals surface area contributed by atoms with Gasteiger partial charge in [-0.25, -0.2) is 17.5 Å². The molecule has 144 valence electrons. The SMILES string of the molecule is COCCOc1ccc(F)cc1S(=O)(=O)NCCC1CCCNC1.Cl. The molecule has 1 aromatic rings. The van der Waals surface area contributed by atoms with E-state index in [0.29, 0.717) is 19.1 Å². The first-order chi connectivity index (χ1) is 11.5. The monoisotopic (exact) mass is 396 g/mol. The van der Waals surface area contributed by atoms with E-state index in [1.54, 1.807) is 0 Å². The van der Waals surface area contributed by atoms with Crippen LogP contribution in [0.1, 0.15) is 19.3 Å². The van der Waals surface area contributed by atoms with Gasteiger partial charge >= 0.3 is 0 Å². The van der Waals surface area contributed by atoms with E-state index in [1.165, 1.54) is 19.2 Å². The van der Waals surface area contributed by atoms with Crippen molar-refractivity contribution in [2.24, 2.45) is 5.92 Å². The maximum Gasteiger partial charge on any atom is 0.244 e. The molecule has 1 aliphatic rings. The summed E-state index contributed by atoms with van der Waals surface area (Å²) in [7, 11) is -2.31. The second kappa shape index (κ2) is 10.9. The van der Waals surface area contributed by atoms with Gasteiger partial charge in [0, 0.05) is 13.7 Å². The molecule has 0 spiro atoms. The zero-order chi connectivity index (χ0) is 17.4. The first-order valence-electron chi connectivity index (χ1n) is 8.14. The summed E-state index contributed by atoms with van der Waals surface area (Å²) in [5.41, 5.74) is 0. The van der Waals surface area contributed by atoms with Crippen LogP contribution >= 0.6 is 12.4 Å². The van der Waals surface area contributed by atoms with E-state index in [4.69, 9.17) is 9.47 Å². The minimum absolute atomic E-state index is 0. The van der Waals surface area contributed by atoms with Gasteiger partial charge in [0.05, 0.1) is 6.61 Å². The first kappa shape index (κ1) is 22.1. The predicted molar refractivity (Wildman–Crippen MR) is 96.4 cm³/mol. The van der Waals surface area contributed by atoms with Crippen molar-refractivity contribution in [2.75, 3.05) is 40.0 Å². The molecule has 1 atom stereocenters. The highest BCUT2D eigenvalue weighted by Crippen LogP contribution is 2.25. The van der Waals surface area contributed by atoms with Crippen LogP contribution in [0, 0.1) is 11.7 Å². The largest absolute Gasteiger partial charge is 0.490 e. The molecule has 1 fully saturated rings. The molecule has 0 amide bonds. The van der Waals surface area contributed by atoms with Crippen molar-refractivity contribution >= 4 is 22.4 Å². The Kier molecular flexibility index (Phi) is 9.66. The van der Waals surface area contributed by atoms with Crippen LogP contribution in [0.4, 0.5) is 4.39 Å². The van der Waals surface area contributed by atoms with Crippen LogP contribution in [0.2, 0.25) is 0 Å². The average Bonchev–Trinajstić information content (AvgIpc) is 2.57. The van der Waals surface area contributed by atoms with E-state index < -0.39 is 15.8 Å². The van der Waals surface area contributed by atoms with Crippen LogP contribution in [0.15, 0.2) is 23.1 Å². The van der Waals surface area contributed by atoms with E-state index >= 15 is 0 Å². The van der Waals surface area contributed by atoms with Gasteiger partial charge in [-0.1, -0.05) is 0 Å². The summed E-state index contributed by atoms with van der Waals surface area (Å²) in [5, 5.41) is 3.30. The van der Waals surface area contributed by atoms with E-state index in [1.807, 2.05) is 0 Å². The van der Waals surface area contributed by atoms with E-state index in [9.17, 15) is 12.8 Å². The molecule has 0 radical (unpaired) electrons. The molecule has 2 rings (SSSR count). The Morgan fingerprint density at radius 3 is 2.84 bits per heavy atom. The fourth-order valence-electron chi connectivity index (χ4n) is 2.69. The summed E-state index contributed by atoms with van der Waals surface area (Å²) in [6, 6.07) is 3.48. The number of piperidine rings is 1. The Hall–Kier alpha value is -0.930. The fraction of sp³-hybridized carbons (Fsp3) is 0.625. The quantitative estimate of drug-likeness (QED) is 0.624. The van der Waals surface area contributed by atoms with Gasteiger partial charge in [0.25, 0.3) is 0 Å². The Balaban J connectivity index is 0.00000312. The molecule has 1 unspecified atom stereocenters. The summed E-state index contributed by atoms with van der Waals surface area (Å²) >= 11 is 0. The number of methoxy groups -OCH3 is 1. The lowest BCUT2D eigenvalue weighted by Crippen LogP contribution is -2.33. The third kappa shape index (κ3) is 7.07. The zero-order valence-electron chi connectivity index (χ0n) is 14.3. The Labute approximate surface area is 154 Å². The minimum Gasteiger partial charge on any atom is -0.490 e. The van der Waals surface area contributed by atoms with Crippen molar-refractivity contribution in [1.29, 1.82) is 0 Å². The van der Waals surface area contributed by atoms with Gasteiger partial charge in [-0.15, -0.1) is 12.4 Å². The summed E-state index contributed by atoms with van der Waals surface area (Å²) in [6.07, 6.45) is 2.96. The molecule has 0 bridgehead atoms. The molecule has 6 nitrogen and oxygen atoms in total. The van der Waals surface area contributed by atoms with Crippen LogP contribution in [0.25, 0.3) is 0 Å². The number of benzene rings is 1. The van der Waals surface area contributed by atoms with Gasteiger partial charge < -0.3 is 14.8 Å². The normalized spacial score (nSPS) is 17.8. The van der Waals surface area contributed by atoms with Crippen LogP contribution in [0.5, 0.6) is 5.75 Å². The number of ether oxygens (including phenoxy) is 2. The van der Waals surface area contributed by atoms with Gasteiger partial charge in [-0.2, -0.15) is 0 Å². The number of rotatable bonds is 9. The lowest BCUT2D eigenvalue weighted by molar-refractivity contribution is 0.144.